The zero-order valence-electron chi connectivity index (χ0n) is 17.4. The average molecular weight is 383 g/mol. The fourth-order valence-electron chi connectivity index (χ4n) is 3.20. The molecule has 2 aromatic rings. The van der Waals surface area contributed by atoms with Gasteiger partial charge in [-0.25, -0.2) is 0 Å². The molecule has 2 rings (SSSR count). The van der Waals surface area contributed by atoms with Crippen molar-refractivity contribution in [3.63, 3.8) is 0 Å². The van der Waals surface area contributed by atoms with Crippen LogP contribution in [0.2, 0.25) is 0 Å². The summed E-state index contributed by atoms with van der Waals surface area (Å²) in [6.07, 6.45) is 0.528. The number of nitrogens with one attached hydrogen (secondary N) is 1. The molecule has 2 amide bonds. The van der Waals surface area contributed by atoms with Crippen LogP contribution in [0.5, 0.6) is 5.75 Å². The van der Waals surface area contributed by atoms with Crippen LogP contribution in [0.4, 0.5) is 0 Å². The van der Waals surface area contributed by atoms with E-state index in [9.17, 15) is 9.59 Å². The van der Waals surface area contributed by atoms with Gasteiger partial charge >= 0.3 is 0 Å². The molecular weight excluding hydrogens is 352 g/mol. The van der Waals surface area contributed by atoms with Crippen molar-refractivity contribution in [2.24, 2.45) is 0 Å². The van der Waals surface area contributed by atoms with E-state index in [4.69, 9.17) is 4.74 Å². The largest absolute Gasteiger partial charge is 0.483 e. The molecule has 0 bridgehead atoms. The second kappa shape index (κ2) is 9.93. The Morgan fingerprint density at radius 2 is 1.82 bits per heavy atom. The fraction of sp³-hybridized carbons (Fsp3) is 0.391. The van der Waals surface area contributed by atoms with Crippen molar-refractivity contribution in [3.05, 3.63) is 64.7 Å². The number of nitrogens with zero attached hydrogens (tertiary/aromatic N) is 1. The summed E-state index contributed by atoms with van der Waals surface area (Å²) < 4.78 is 5.81. The van der Waals surface area contributed by atoms with E-state index < -0.39 is 6.04 Å². The van der Waals surface area contributed by atoms with Gasteiger partial charge in [-0.15, -0.1) is 0 Å². The zero-order valence-corrected chi connectivity index (χ0v) is 17.4. The summed E-state index contributed by atoms with van der Waals surface area (Å²) in [5.41, 5.74) is 4.23. The number of carbonyl (C=O) groups excluding carboxylic acids is 2. The predicted octanol–water partition coefficient (Wildman–Crippen LogP) is 3.54. The van der Waals surface area contributed by atoms with Crippen molar-refractivity contribution in [2.75, 3.05) is 13.7 Å². The minimum Gasteiger partial charge on any atom is -0.483 e. The Hall–Kier alpha value is -2.82. The van der Waals surface area contributed by atoms with Crippen LogP contribution in [0.1, 0.15) is 35.6 Å². The molecule has 1 atom stereocenters. The van der Waals surface area contributed by atoms with Gasteiger partial charge in [-0.2, -0.15) is 0 Å². The van der Waals surface area contributed by atoms with Gasteiger partial charge in [-0.05, 0) is 49.9 Å². The summed E-state index contributed by atoms with van der Waals surface area (Å²) in [4.78, 5) is 27.0. The first-order valence-electron chi connectivity index (χ1n) is 9.63. The third-order valence-corrected chi connectivity index (χ3v) is 4.97. The number of carbonyl (C=O) groups is 2. The van der Waals surface area contributed by atoms with E-state index in [1.54, 1.807) is 11.9 Å². The van der Waals surface area contributed by atoms with Gasteiger partial charge in [0, 0.05) is 13.6 Å². The molecule has 5 nitrogen and oxygen atoms in total. The Morgan fingerprint density at radius 3 is 2.46 bits per heavy atom. The van der Waals surface area contributed by atoms with Gasteiger partial charge in [-0.3, -0.25) is 9.59 Å². The van der Waals surface area contributed by atoms with Crippen molar-refractivity contribution in [3.8, 4) is 5.75 Å². The Labute approximate surface area is 167 Å². The number of rotatable bonds is 8. The van der Waals surface area contributed by atoms with E-state index in [0.717, 1.165) is 22.3 Å². The topological polar surface area (TPSA) is 58.6 Å². The molecule has 5 heteroatoms. The number of hydrogen-bond acceptors (Lipinski definition) is 3. The van der Waals surface area contributed by atoms with Crippen molar-refractivity contribution < 1.29 is 14.3 Å². The summed E-state index contributed by atoms with van der Waals surface area (Å²) in [5.74, 6) is 0.310. The molecule has 150 valence electrons. The Bertz CT molecular complexity index is 832. The lowest BCUT2D eigenvalue weighted by Crippen LogP contribution is -2.49. The maximum absolute atomic E-state index is 13.0. The van der Waals surface area contributed by atoms with Crippen LogP contribution in [0.3, 0.4) is 0 Å². The maximum Gasteiger partial charge on any atom is 0.261 e. The second-order valence-electron chi connectivity index (χ2n) is 7.04. The van der Waals surface area contributed by atoms with Gasteiger partial charge in [0.15, 0.2) is 6.61 Å². The number of likely N-dealkylation sites (N-methyl/N-ethyl adjacent to an activating group) is 1. The Balaban J connectivity index is 2.22. The van der Waals surface area contributed by atoms with E-state index in [1.807, 2.05) is 70.2 Å². The molecule has 0 aliphatic heterocycles. The number of amides is 2. The second-order valence-corrected chi connectivity index (χ2v) is 7.04. The summed E-state index contributed by atoms with van der Waals surface area (Å²) in [6.45, 7) is 8.15. The highest BCUT2D eigenvalue weighted by Crippen LogP contribution is 2.21. The standard InChI is InChI=1S/C23H30N2O3/c1-6-20(23(27)24-5)25(14-19-11-7-9-16(2)13-19)22(26)15-28-21-12-8-10-17(3)18(21)4/h7-13,20H,6,14-15H2,1-5H3,(H,24,27)/t20-/m1/s1. The molecule has 1 N–H and O–H groups in total. The molecule has 0 aliphatic rings. The number of ether oxygens (including phenoxy) is 1. The summed E-state index contributed by atoms with van der Waals surface area (Å²) in [6, 6.07) is 13.2. The van der Waals surface area contributed by atoms with Crippen LogP contribution in [-0.2, 0) is 16.1 Å². The molecule has 0 saturated heterocycles. The van der Waals surface area contributed by atoms with Crippen LogP contribution in [0.15, 0.2) is 42.5 Å². The smallest absolute Gasteiger partial charge is 0.261 e. The molecule has 2 aromatic carbocycles. The van der Waals surface area contributed by atoms with Gasteiger partial charge in [-0.1, -0.05) is 48.9 Å². The van der Waals surface area contributed by atoms with Crippen LogP contribution in [0.25, 0.3) is 0 Å². The van der Waals surface area contributed by atoms with E-state index in [2.05, 4.69) is 5.32 Å². The van der Waals surface area contributed by atoms with E-state index >= 15 is 0 Å². The number of benzene rings is 2. The van der Waals surface area contributed by atoms with Crippen molar-refractivity contribution in [1.29, 1.82) is 0 Å². The Morgan fingerprint density at radius 1 is 1.11 bits per heavy atom. The zero-order chi connectivity index (χ0) is 20.7. The minimum atomic E-state index is -0.541. The van der Waals surface area contributed by atoms with E-state index in [0.29, 0.717) is 18.7 Å². The highest BCUT2D eigenvalue weighted by molar-refractivity contribution is 5.88. The first-order chi connectivity index (χ1) is 13.4. The predicted molar refractivity (Wildman–Crippen MR) is 111 cm³/mol. The van der Waals surface area contributed by atoms with Gasteiger partial charge in [0.1, 0.15) is 11.8 Å². The monoisotopic (exact) mass is 382 g/mol. The Kier molecular flexibility index (Phi) is 7.61. The molecule has 0 spiro atoms. The summed E-state index contributed by atoms with van der Waals surface area (Å²) >= 11 is 0. The molecule has 0 saturated carbocycles. The first kappa shape index (κ1) is 21.5. The van der Waals surface area contributed by atoms with Crippen LogP contribution < -0.4 is 10.1 Å². The van der Waals surface area contributed by atoms with Gasteiger partial charge in [0.25, 0.3) is 5.91 Å². The van der Waals surface area contributed by atoms with Crippen LogP contribution in [-0.4, -0.2) is 36.4 Å². The average Bonchev–Trinajstić information content (AvgIpc) is 2.68. The van der Waals surface area contributed by atoms with Gasteiger partial charge < -0.3 is 15.0 Å². The summed E-state index contributed by atoms with van der Waals surface area (Å²) in [5, 5.41) is 2.67. The molecule has 0 unspecified atom stereocenters. The van der Waals surface area contributed by atoms with E-state index in [-0.39, 0.29) is 18.4 Å². The highest BCUT2D eigenvalue weighted by atomic mass is 16.5. The number of hydrogen-bond donors (Lipinski definition) is 1. The molecular formula is C23H30N2O3. The fourth-order valence-corrected chi connectivity index (χ4v) is 3.20. The molecule has 28 heavy (non-hydrogen) atoms. The SMILES string of the molecule is CC[C@H](C(=O)NC)N(Cc1cccc(C)c1)C(=O)COc1cccc(C)c1C. The van der Waals surface area contributed by atoms with Crippen LogP contribution in [0, 0.1) is 20.8 Å². The van der Waals surface area contributed by atoms with Gasteiger partial charge in [0.2, 0.25) is 5.91 Å². The molecule has 0 heterocycles. The lowest BCUT2D eigenvalue weighted by atomic mass is 10.1. The highest BCUT2D eigenvalue weighted by Gasteiger charge is 2.28. The molecule has 0 radical (unpaired) electrons. The lowest BCUT2D eigenvalue weighted by Gasteiger charge is -2.30. The normalized spacial score (nSPS) is 11.6. The first-order valence-corrected chi connectivity index (χ1v) is 9.63. The quantitative estimate of drug-likeness (QED) is 0.760. The number of aryl methyl sites for hydroxylation is 2. The molecule has 0 fully saturated rings. The van der Waals surface area contributed by atoms with Crippen molar-refractivity contribution in [2.45, 2.75) is 46.7 Å². The van der Waals surface area contributed by atoms with Gasteiger partial charge in [0.05, 0.1) is 0 Å². The minimum absolute atomic E-state index is 0.108. The molecule has 0 aromatic heterocycles. The van der Waals surface area contributed by atoms with Crippen molar-refractivity contribution >= 4 is 11.8 Å². The van der Waals surface area contributed by atoms with Crippen LogP contribution >= 0.6 is 0 Å². The lowest BCUT2D eigenvalue weighted by molar-refractivity contribution is -0.142. The summed E-state index contributed by atoms with van der Waals surface area (Å²) in [7, 11) is 1.59. The van der Waals surface area contributed by atoms with Crippen molar-refractivity contribution in [1.82, 2.24) is 10.2 Å². The molecule has 0 aliphatic carbocycles. The van der Waals surface area contributed by atoms with E-state index in [1.165, 1.54) is 0 Å². The third kappa shape index (κ3) is 5.35. The third-order valence-electron chi connectivity index (χ3n) is 4.97. The maximum atomic E-state index is 13.0.